The van der Waals surface area contributed by atoms with Crippen LogP contribution in [-0.2, 0) is 0 Å². The summed E-state index contributed by atoms with van der Waals surface area (Å²) < 4.78 is 5.40. The molecule has 0 aliphatic carbocycles. The molecule has 2 aromatic rings. The summed E-state index contributed by atoms with van der Waals surface area (Å²) in [5.74, 6) is 1.95. The highest BCUT2D eigenvalue weighted by atomic mass is 16.5. The average molecular weight is 257 g/mol. The molecule has 0 amide bonds. The highest BCUT2D eigenvalue weighted by Gasteiger charge is 2.10. The lowest BCUT2D eigenvalue weighted by molar-refractivity contribution is 0.407. The van der Waals surface area contributed by atoms with Gasteiger partial charge in [0, 0.05) is 18.8 Å². The zero-order chi connectivity index (χ0) is 13.8. The molecule has 2 rings (SSSR count). The summed E-state index contributed by atoms with van der Waals surface area (Å²) in [5, 5.41) is 2.95. The van der Waals surface area contributed by atoms with Crippen LogP contribution >= 0.6 is 0 Å². The molecule has 19 heavy (non-hydrogen) atoms. The molecule has 1 aromatic heterocycles. The predicted octanol–water partition coefficient (Wildman–Crippen LogP) is 3.32. The Morgan fingerprint density at radius 2 is 2.00 bits per heavy atom. The number of anilines is 1. The van der Waals surface area contributed by atoms with Gasteiger partial charge in [0.05, 0.1) is 12.8 Å². The number of hydrogen-bond donors (Lipinski definition) is 1. The van der Waals surface area contributed by atoms with Crippen molar-refractivity contribution in [3.63, 3.8) is 0 Å². The number of ether oxygens (including phenoxy) is 1. The molecular formula is C15H19N3O. The fourth-order valence-electron chi connectivity index (χ4n) is 1.98. The molecule has 0 saturated carbocycles. The van der Waals surface area contributed by atoms with E-state index < -0.39 is 0 Å². The van der Waals surface area contributed by atoms with E-state index >= 15 is 0 Å². The SMILES string of the molecule is CNc1nccc(-c2ccc(OC)c(C(C)C)c2)n1. The third kappa shape index (κ3) is 2.84. The van der Waals surface area contributed by atoms with Gasteiger partial charge < -0.3 is 10.1 Å². The van der Waals surface area contributed by atoms with Crippen molar-refractivity contribution < 1.29 is 4.74 Å². The number of rotatable bonds is 4. The number of nitrogens with zero attached hydrogens (tertiary/aromatic N) is 2. The van der Waals surface area contributed by atoms with Gasteiger partial charge in [0.15, 0.2) is 0 Å². The molecule has 0 saturated heterocycles. The second kappa shape index (κ2) is 5.69. The molecule has 0 atom stereocenters. The molecule has 0 unspecified atom stereocenters. The van der Waals surface area contributed by atoms with Crippen LogP contribution in [0.3, 0.4) is 0 Å². The molecule has 0 aliphatic heterocycles. The van der Waals surface area contributed by atoms with E-state index in [2.05, 4.69) is 35.2 Å². The molecule has 0 radical (unpaired) electrons. The van der Waals surface area contributed by atoms with E-state index in [-0.39, 0.29) is 0 Å². The van der Waals surface area contributed by atoms with Crippen LogP contribution in [-0.4, -0.2) is 24.1 Å². The Balaban J connectivity index is 2.47. The van der Waals surface area contributed by atoms with E-state index in [9.17, 15) is 0 Å². The van der Waals surface area contributed by atoms with Crippen molar-refractivity contribution in [1.82, 2.24) is 9.97 Å². The summed E-state index contributed by atoms with van der Waals surface area (Å²) in [6.07, 6.45) is 1.76. The summed E-state index contributed by atoms with van der Waals surface area (Å²) >= 11 is 0. The minimum Gasteiger partial charge on any atom is -0.496 e. The van der Waals surface area contributed by atoms with Crippen molar-refractivity contribution in [3.05, 3.63) is 36.0 Å². The Labute approximate surface area is 113 Å². The Morgan fingerprint density at radius 3 is 2.63 bits per heavy atom. The van der Waals surface area contributed by atoms with E-state index in [0.29, 0.717) is 11.9 Å². The highest BCUT2D eigenvalue weighted by Crippen LogP contribution is 2.30. The Hall–Kier alpha value is -2.10. The van der Waals surface area contributed by atoms with Gasteiger partial charge in [-0.25, -0.2) is 9.97 Å². The lowest BCUT2D eigenvalue weighted by atomic mass is 9.98. The molecular weight excluding hydrogens is 238 g/mol. The first-order chi connectivity index (χ1) is 9.15. The lowest BCUT2D eigenvalue weighted by Crippen LogP contribution is -1.98. The third-order valence-electron chi connectivity index (χ3n) is 3.03. The summed E-state index contributed by atoms with van der Waals surface area (Å²) in [4.78, 5) is 8.58. The smallest absolute Gasteiger partial charge is 0.222 e. The van der Waals surface area contributed by atoms with Crippen LogP contribution in [0.25, 0.3) is 11.3 Å². The largest absolute Gasteiger partial charge is 0.496 e. The van der Waals surface area contributed by atoms with Gasteiger partial charge in [-0.05, 0) is 35.7 Å². The maximum absolute atomic E-state index is 5.40. The van der Waals surface area contributed by atoms with Gasteiger partial charge >= 0.3 is 0 Å². The van der Waals surface area contributed by atoms with E-state index in [1.54, 1.807) is 13.3 Å². The second-order valence-electron chi connectivity index (χ2n) is 4.63. The van der Waals surface area contributed by atoms with Gasteiger partial charge in [-0.15, -0.1) is 0 Å². The van der Waals surface area contributed by atoms with E-state index in [4.69, 9.17) is 4.74 Å². The molecule has 1 N–H and O–H groups in total. The van der Waals surface area contributed by atoms with Crippen molar-refractivity contribution in [2.24, 2.45) is 0 Å². The maximum Gasteiger partial charge on any atom is 0.222 e. The van der Waals surface area contributed by atoms with Gasteiger partial charge in [-0.2, -0.15) is 0 Å². The van der Waals surface area contributed by atoms with Crippen molar-refractivity contribution in [3.8, 4) is 17.0 Å². The van der Waals surface area contributed by atoms with Crippen molar-refractivity contribution in [1.29, 1.82) is 0 Å². The van der Waals surface area contributed by atoms with Crippen LogP contribution in [0.2, 0.25) is 0 Å². The number of benzene rings is 1. The van der Waals surface area contributed by atoms with Crippen LogP contribution in [0.5, 0.6) is 5.75 Å². The molecule has 100 valence electrons. The van der Waals surface area contributed by atoms with Gasteiger partial charge in [-0.3, -0.25) is 0 Å². The van der Waals surface area contributed by atoms with E-state index in [0.717, 1.165) is 17.0 Å². The molecule has 0 bridgehead atoms. The zero-order valence-electron chi connectivity index (χ0n) is 11.8. The van der Waals surface area contributed by atoms with E-state index in [1.165, 1.54) is 5.56 Å². The lowest BCUT2D eigenvalue weighted by Gasteiger charge is -2.13. The van der Waals surface area contributed by atoms with Gasteiger partial charge in [0.1, 0.15) is 5.75 Å². The van der Waals surface area contributed by atoms with Gasteiger partial charge in [0.25, 0.3) is 0 Å². The number of hydrogen-bond acceptors (Lipinski definition) is 4. The first-order valence-corrected chi connectivity index (χ1v) is 6.34. The number of methoxy groups -OCH3 is 1. The standard InChI is InChI=1S/C15H19N3O/c1-10(2)12-9-11(5-6-14(12)19-4)13-7-8-17-15(16-3)18-13/h5-10H,1-4H3,(H,16,17,18). The molecule has 4 nitrogen and oxygen atoms in total. The summed E-state index contributed by atoms with van der Waals surface area (Å²) in [5.41, 5.74) is 3.16. The first-order valence-electron chi connectivity index (χ1n) is 6.34. The molecule has 1 heterocycles. The van der Waals surface area contributed by atoms with Crippen molar-refractivity contribution in [2.45, 2.75) is 19.8 Å². The molecule has 0 spiro atoms. The van der Waals surface area contributed by atoms with Gasteiger partial charge in [-0.1, -0.05) is 13.8 Å². The number of nitrogens with one attached hydrogen (secondary N) is 1. The Morgan fingerprint density at radius 1 is 1.21 bits per heavy atom. The topological polar surface area (TPSA) is 47.0 Å². The van der Waals surface area contributed by atoms with Crippen LogP contribution in [0.15, 0.2) is 30.5 Å². The normalized spacial score (nSPS) is 10.6. The van der Waals surface area contributed by atoms with Crippen LogP contribution in [0.1, 0.15) is 25.3 Å². The van der Waals surface area contributed by atoms with E-state index in [1.807, 2.05) is 25.2 Å². The Kier molecular flexibility index (Phi) is 4.00. The number of aromatic nitrogens is 2. The zero-order valence-corrected chi connectivity index (χ0v) is 11.8. The minimum absolute atomic E-state index is 0.403. The molecule has 1 aromatic carbocycles. The first kappa shape index (κ1) is 13.3. The van der Waals surface area contributed by atoms with Crippen molar-refractivity contribution in [2.75, 3.05) is 19.5 Å². The quantitative estimate of drug-likeness (QED) is 0.912. The summed E-state index contributed by atoms with van der Waals surface area (Å²) in [6, 6.07) is 8.05. The minimum atomic E-state index is 0.403. The fourth-order valence-corrected chi connectivity index (χ4v) is 1.98. The van der Waals surface area contributed by atoms with Crippen molar-refractivity contribution >= 4 is 5.95 Å². The molecule has 0 aliphatic rings. The molecule has 0 fully saturated rings. The maximum atomic E-state index is 5.40. The second-order valence-corrected chi connectivity index (χ2v) is 4.63. The Bertz CT molecular complexity index is 567. The highest BCUT2D eigenvalue weighted by molar-refractivity contribution is 5.63. The van der Waals surface area contributed by atoms with Gasteiger partial charge in [0.2, 0.25) is 5.95 Å². The predicted molar refractivity (Wildman–Crippen MR) is 77.7 cm³/mol. The summed E-state index contributed by atoms with van der Waals surface area (Å²) in [6.45, 7) is 4.31. The van der Waals surface area contributed by atoms with Crippen LogP contribution in [0.4, 0.5) is 5.95 Å². The molecule has 4 heteroatoms. The summed E-state index contributed by atoms with van der Waals surface area (Å²) in [7, 11) is 3.51. The fraction of sp³-hybridized carbons (Fsp3) is 0.333. The monoisotopic (exact) mass is 257 g/mol. The van der Waals surface area contributed by atoms with Crippen LogP contribution in [0, 0.1) is 0 Å². The van der Waals surface area contributed by atoms with Crippen LogP contribution < -0.4 is 10.1 Å². The average Bonchev–Trinajstić information content (AvgIpc) is 2.46. The third-order valence-corrected chi connectivity index (χ3v) is 3.03.